The second-order valence-electron chi connectivity index (χ2n) is 4.61. The Morgan fingerprint density at radius 1 is 1.47 bits per heavy atom. The first-order valence-corrected chi connectivity index (χ1v) is 6.64. The Balaban J connectivity index is 1.73. The number of aryl methyl sites for hydroxylation is 1. The fraction of sp³-hybridized carbons (Fsp3) is 0.667. The molecule has 1 aliphatic rings. The average molecular weight is 224 g/mol. The second kappa shape index (κ2) is 5.10. The highest BCUT2D eigenvalue weighted by atomic mass is 32.1. The van der Waals surface area contributed by atoms with Gasteiger partial charge in [0.15, 0.2) is 0 Å². The van der Waals surface area contributed by atoms with E-state index in [9.17, 15) is 0 Å². The van der Waals surface area contributed by atoms with Gasteiger partial charge in [-0.25, -0.2) is 0 Å². The quantitative estimate of drug-likeness (QED) is 0.817. The number of rotatable bonds is 4. The van der Waals surface area contributed by atoms with E-state index in [2.05, 4.69) is 35.2 Å². The second-order valence-corrected chi connectivity index (χ2v) is 5.35. The Kier molecular flexibility index (Phi) is 3.78. The average Bonchev–Trinajstić information content (AvgIpc) is 2.78. The van der Waals surface area contributed by atoms with Gasteiger partial charge in [-0.05, 0) is 60.3 Å². The maximum Gasteiger partial charge on any atom is 0.0216 e. The molecule has 2 N–H and O–H groups in total. The molecule has 2 rings (SSSR count). The molecule has 1 saturated heterocycles. The van der Waals surface area contributed by atoms with Gasteiger partial charge in [0.25, 0.3) is 0 Å². The van der Waals surface area contributed by atoms with Crippen LogP contribution in [0.15, 0.2) is 10.8 Å². The molecular weight excluding hydrogens is 204 g/mol. The molecule has 1 aromatic rings. The molecule has 3 heteroatoms. The van der Waals surface area contributed by atoms with Gasteiger partial charge < -0.3 is 10.6 Å². The van der Waals surface area contributed by atoms with Gasteiger partial charge in [0, 0.05) is 6.54 Å². The first-order chi connectivity index (χ1) is 7.27. The SMILES string of the molecule is Cc1cscc1CNCC1CNCC1C. The minimum atomic E-state index is 0.809. The summed E-state index contributed by atoms with van der Waals surface area (Å²) in [5.41, 5.74) is 2.88. The summed E-state index contributed by atoms with van der Waals surface area (Å²) in [6, 6.07) is 0. The van der Waals surface area contributed by atoms with Crippen molar-refractivity contribution in [3.05, 3.63) is 21.9 Å². The molecule has 1 aliphatic heterocycles. The van der Waals surface area contributed by atoms with Gasteiger partial charge in [0.1, 0.15) is 0 Å². The van der Waals surface area contributed by atoms with Crippen molar-refractivity contribution in [1.29, 1.82) is 0 Å². The first-order valence-electron chi connectivity index (χ1n) is 5.70. The van der Waals surface area contributed by atoms with Gasteiger partial charge in [-0.2, -0.15) is 11.3 Å². The molecule has 2 nitrogen and oxygen atoms in total. The smallest absolute Gasteiger partial charge is 0.0216 e. The van der Waals surface area contributed by atoms with Crippen molar-refractivity contribution in [2.45, 2.75) is 20.4 Å². The van der Waals surface area contributed by atoms with E-state index in [4.69, 9.17) is 0 Å². The summed E-state index contributed by atoms with van der Waals surface area (Å²) in [6.07, 6.45) is 0. The fourth-order valence-corrected chi connectivity index (χ4v) is 2.95. The summed E-state index contributed by atoms with van der Waals surface area (Å²) in [5, 5.41) is 11.5. The lowest BCUT2D eigenvalue weighted by atomic mass is 9.98. The summed E-state index contributed by atoms with van der Waals surface area (Å²) in [7, 11) is 0. The van der Waals surface area contributed by atoms with Gasteiger partial charge in [-0.3, -0.25) is 0 Å². The highest BCUT2D eigenvalue weighted by Crippen LogP contribution is 2.16. The molecule has 15 heavy (non-hydrogen) atoms. The van der Waals surface area contributed by atoms with Crippen molar-refractivity contribution >= 4 is 11.3 Å². The van der Waals surface area contributed by atoms with Crippen LogP contribution in [-0.4, -0.2) is 19.6 Å². The van der Waals surface area contributed by atoms with E-state index >= 15 is 0 Å². The normalized spacial score (nSPS) is 26.0. The van der Waals surface area contributed by atoms with E-state index in [0.29, 0.717) is 0 Å². The third-order valence-electron chi connectivity index (χ3n) is 3.36. The summed E-state index contributed by atoms with van der Waals surface area (Å²) < 4.78 is 0. The monoisotopic (exact) mass is 224 g/mol. The lowest BCUT2D eigenvalue weighted by molar-refractivity contribution is 0.420. The Morgan fingerprint density at radius 3 is 2.93 bits per heavy atom. The third-order valence-corrected chi connectivity index (χ3v) is 4.27. The zero-order chi connectivity index (χ0) is 10.7. The van der Waals surface area contributed by atoms with Crippen molar-refractivity contribution < 1.29 is 0 Å². The number of nitrogens with one attached hydrogen (secondary N) is 2. The van der Waals surface area contributed by atoms with Crippen LogP contribution in [0.1, 0.15) is 18.1 Å². The van der Waals surface area contributed by atoms with Crippen LogP contribution in [0.4, 0.5) is 0 Å². The standard InChI is InChI=1S/C12H20N2S/c1-9-3-13-4-11(9)5-14-6-12-8-15-7-10(12)2/h7-9,11,13-14H,3-6H2,1-2H3. The Bertz CT molecular complexity index is 308. The van der Waals surface area contributed by atoms with E-state index in [0.717, 1.165) is 24.9 Å². The molecule has 0 bridgehead atoms. The zero-order valence-electron chi connectivity index (χ0n) is 9.55. The van der Waals surface area contributed by atoms with Crippen LogP contribution in [-0.2, 0) is 6.54 Å². The minimum Gasteiger partial charge on any atom is -0.316 e. The van der Waals surface area contributed by atoms with Crippen molar-refractivity contribution in [2.75, 3.05) is 19.6 Å². The van der Waals surface area contributed by atoms with E-state index in [1.165, 1.54) is 24.2 Å². The highest BCUT2D eigenvalue weighted by Gasteiger charge is 2.22. The molecule has 0 saturated carbocycles. The first kappa shape index (κ1) is 11.1. The van der Waals surface area contributed by atoms with E-state index in [-0.39, 0.29) is 0 Å². The van der Waals surface area contributed by atoms with Crippen LogP contribution in [0.3, 0.4) is 0 Å². The molecule has 0 amide bonds. The number of hydrogen-bond acceptors (Lipinski definition) is 3. The van der Waals surface area contributed by atoms with Crippen molar-refractivity contribution in [2.24, 2.45) is 11.8 Å². The van der Waals surface area contributed by atoms with Crippen LogP contribution in [0.25, 0.3) is 0 Å². The van der Waals surface area contributed by atoms with Crippen LogP contribution in [0.5, 0.6) is 0 Å². The van der Waals surface area contributed by atoms with E-state index in [1.54, 1.807) is 11.3 Å². The van der Waals surface area contributed by atoms with Crippen molar-refractivity contribution in [3.63, 3.8) is 0 Å². The fourth-order valence-electron chi connectivity index (χ4n) is 2.10. The summed E-state index contributed by atoms with van der Waals surface area (Å²) in [4.78, 5) is 0. The predicted molar refractivity (Wildman–Crippen MR) is 66.3 cm³/mol. The maximum absolute atomic E-state index is 3.57. The molecule has 1 aromatic heterocycles. The van der Waals surface area contributed by atoms with Gasteiger partial charge >= 0.3 is 0 Å². The van der Waals surface area contributed by atoms with Crippen LogP contribution < -0.4 is 10.6 Å². The third kappa shape index (κ3) is 2.80. The van der Waals surface area contributed by atoms with Gasteiger partial charge in [-0.15, -0.1) is 0 Å². The minimum absolute atomic E-state index is 0.809. The van der Waals surface area contributed by atoms with Gasteiger partial charge in [0.2, 0.25) is 0 Å². The van der Waals surface area contributed by atoms with Crippen LogP contribution in [0.2, 0.25) is 0 Å². The van der Waals surface area contributed by atoms with Crippen molar-refractivity contribution in [1.82, 2.24) is 10.6 Å². The largest absolute Gasteiger partial charge is 0.316 e. The maximum atomic E-state index is 3.57. The molecule has 0 spiro atoms. The van der Waals surface area contributed by atoms with Crippen molar-refractivity contribution in [3.8, 4) is 0 Å². The lowest BCUT2D eigenvalue weighted by Gasteiger charge is -2.14. The van der Waals surface area contributed by atoms with Crippen LogP contribution in [0, 0.1) is 18.8 Å². The lowest BCUT2D eigenvalue weighted by Crippen LogP contribution is -2.26. The van der Waals surface area contributed by atoms with Gasteiger partial charge in [0.05, 0.1) is 0 Å². The summed E-state index contributed by atoms with van der Waals surface area (Å²) in [6.45, 7) is 9.05. The highest BCUT2D eigenvalue weighted by molar-refractivity contribution is 7.08. The number of hydrogen-bond donors (Lipinski definition) is 2. The Hall–Kier alpha value is -0.380. The zero-order valence-corrected chi connectivity index (χ0v) is 10.4. The molecule has 0 aliphatic carbocycles. The summed E-state index contributed by atoms with van der Waals surface area (Å²) >= 11 is 1.80. The van der Waals surface area contributed by atoms with E-state index in [1.807, 2.05) is 0 Å². The molecule has 1 fully saturated rings. The molecule has 2 unspecified atom stereocenters. The topological polar surface area (TPSA) is 24.1 Å². The molecular formula is C12H20N2S. The van der Waals surface area contributed by atoms with E-state index < -0.39 is 0 Å². The Morgan fingerprint density at radius 2 is 2.33 bits per heavy atom. The molecule has 2 atom stereocenters. The predicted octanol–water partition coefficient (Wildman–Crippen LogP) is 2.00. The molecule has 2 heterocycles. The number of thiophene rings is 1. The molecule has 84 valence electrons. The molecule has 0 radical (unpaired) electrons. The summed E-state index contributed by atoms with van der Waals surface area (Å²) in [5.74, 6) is 1.63. The Labute approximate surface area is 96.1 Å². The van der Waals surface area contributed by atoms with Gasteiger partial charge in [-0.1, -0.05) is 6.92 Å². The molecule has 0 aromatic carbocycles. The van der Waals surface area contributed by atoms with Crippen LogP contribution >= 0.6 is 11.3 Å².